The second-order valence-electron chi connectivity index (χ2n) is 4.76. The Bertz CT molecular complexity index is 409. The van der Waals surface area contributed by atoms with E-state index in [1.165, 1.54) is 11.3 Å². The normalized spacial score (nSPS) is 28.6. The first-order valence-electron chi connectivity index (χ1n) is 6.01. The highest BCUT2D eigenvalue weighted by molar-refractivity contribution is 8.00. The highest BCUT2D eigenvalue weighted by Crippen LogP contribution is 2.39. The van der Waals surface area contributed by atoms with Gasteiger partial charge in [-0.25, -0.2) is 0 Å². The lowest BCUT2D eigenvalue weighted by atomic mass is 9.83. The van der Waals surface area contributed by atoms with Crippen LogP contribution in [-0.4, -0.2) is 5.25 Å². The minimum Gasteiger partial charge on any atom is -0.198 e. The molecule has 0 heterocycles. The van der Waals surface area contributed by atoms with Gasteiger partial charge in [-0.1, -0.05) is 18.5 Å². The third-order valence-electron chi connectivity index (χ3n) is 3.32. The Morgan fingerprint density at radius 2 is 2.00 bits per heavy atom. The van der Waals surface area contributed by atoms with Crippen molar-refractivity contribution in [3.63, 3.8) is 0 Å². The van der Waals surface area contributed by atoms with Gasteiger partial charge in [0, 0.05) is 15.2 Å². The van der Waals surface area contributed by atoms with Gasteiger partial charge >= 0.3 is 0 Å². The molecule has 1 saturated carbocycles. The molecule has 3 unspecified atom stereocenters. The van der Waals surface area contributed by atoms with Gasteiger partial charge in [0.15, 0.2) is 0 Å². The SMILES string of the molecule is CC1CCC(C#N)C(Sc2ccc(Cl)cc2)C1. The minimum absolute atomic E-state index is 0.201. The van der Waals surface area contributed by atoms with E-state index < -0.39 is 0 Å². The molecule has 0 bridgehead atoms. The lowest BCUT2D eigenvalue weighted by Crippen LogP contribution is -2.24. The summed E-state index contributed by atoms with van der Waals surface area (Å²) in [6.07, 6.45) is 3.38. The number of nitrogens with zero attached hydrogens (tertiary/aromatic N) is 1. The molecule has 0 spiro atoms. The highest BCUT2D eigenvalue weighted by Gasteiger charge is 2.29. The molecule has 1 aliphatic carbocycles. The number of hydrogen-bond acceptors (Lipinski definition) is 2. The molecule has 3 atom stereocenters. The maximum absolute atomic E-state index is 9.19. The molecular formula is C14H16ClNS. The van der Waals surface area contributed by atoms with Crippen LogP contribution in [0.4, 0.5) is 0 Å². The van der Waals surface area contributed by atoms with Crippen LogP contribution in [0, 0.1) is 23.2 Å². The molecular weight excluding hydrogens is 250 g/mol. The number of hydrogen-bond donors (Lipinski definition) is 0. The molecule has 1 aliphatic rings. The molecule has 0 N–H and O–H groups in total. The summed E-state index contributed by atoms with van der Waals surface area (Å²) in [6.45, 7) is 2.28. The van der Waals surface area contributed by atoms with Gasteiger partial charge in [-0.2, -0.15) is 5.26 Å². The summed E-state index contributed by atoms with van der Waals surface area (Å²) in [4.78, 5) is 1.22. The molecule has 1 fully saturated rings. The first kappa shape index (κ1) is 12.8. The van der Waals surface area contributed by atoms with Crippen molar-refractivity contribution in [2.45, 2.75) is 36.3 Å². The third-order valence-corrected chi connectivity index (χ3v) is 4.94. The highest BCUT2D eigenvalue weighted by atomic mass is 35.5. The molecule has 1 nitrogen and oxygen atoms in total. The van der Waals surface area contributed by atoms with E-state index in [0.717, 1.165) is 23.8 Å². The average Bonchev–Trinajstić information content (AvgIpc) is 2.32. The topological polar surface area (TPSA) is 23.8 Å². The van der Waals surface area contributed by atoms with Crippen molar-refractivity contribution >= 4 is 23.4 Å². The van der Waals surface area contributed by atoms with Gasteiger partial charge < -0.3 is 0 Å². The zero-order valence-electron chi connectivity index (χ0n) is 9.90. The van der Waals surface area contributed by atoms with Crippen molar-refractivity contribution in [3.8, 4) is 6.07 Å². The lowest BCUT2D eigenvalue weighted by Gasteiger charge is -2.30. The fourth-order valence-corrected chi connectivity index (χ4v) is 3.85. The van der Waals surface area contributed by atoms with Gasteiger partial charge in [-0.15, -0.1) is 11.8 Å². The smallest absolute Gasteiger partial charge is 0.0667 e. The molecule has 0 aliphatic heterocycles. The molecule has 0 amide bonds. The number of nitriles is 1. The largest absolute Gasteiger partial charge is 0.198 e. The predicted octanol–water partition coefficient (Wildman–Crippen LogP) is 4.76. The standard InChI is InChI=1S/C14H16ClNS/c1-10-2-3-11(9-16)14(8-10)17-13-6-4-12(15)5-7-13/h4-7,10-11,14H,2-3,8H2,1H3. The number of benzene rings is 1. The second kappa shape index (κ2) is 5.80. The average molecular weight is 266 g/mol. The minimum atomic E-state index is 0.201. The second-order valence-corrected chi connectivity index (χ2v) is 6.51. The maximum atomic E-state index is 9.19. The van der Waals surface area contributed by atoms with E-state index in [1.807, 2.05) is 36.0 Å². The van der Waals surface area contributed by atoms with Crippen LogP contribution in [0.3, 0.4) is 0 Å². The quantitative estimate of drug-likeness (QED) is 0.770. The third kappa shape index (κ3) is 3.40. The van der Waals surface area contributed by atoms with Crippen molar-refractivity contribution in [1.29, 1.82) is 5.26 Å². The van der Waals surface area contributed by atoms with E-state index in [1.54, 1.807) is 0 Å². The van der Waals surface area contributed by atoms with Gasteiger partial charge in [0.1, 0.15) is 0 Å². The first-order chi connectivity index (χ1) is 8.19. The van der Waals surface area contributed by atoms with Crippen LogP contribution in [0.25, 0.3) is 0 Å². The molecule has 3 heteroatoms. The van der Waals surface area contributed by atoms with E-state index in [0.29, 0.717) is 5.25 Å². The van der Waals surface area contributed by atoms with Crippen molar-refractivity contribution < 1.29 is 0 Å². The van der Waals surface area contributed by atoms with Crippen molar-refractivity contribution in [3.05, 3.63) is 29.3 Å². The summed E-state index contributed by atoms with van der Waals surface area (Å²) < 4.78 is 0. The van der Waals surface area contributed by atoms with E-state index in [4.69, 9.17) is 11.6 Å². The molecule has 90 valence electrons. The van der Waals surface area contributed by atoms with Crippen LogP contribution < -0.4 is 0 Å². The number of rotatable bonds is 2. The zero-order chi connectivity index (χ0) is 12.3. The first-order valence-corrected chi connectivity index (χ1v) is 7.26. The maximum Gasteiger partial charge on any atom is 0.0667 e. The monoisotopic (exact) mass is 265 g/mol. The summed E-state index contributed by atoms with van der Waals surface area (Å²) in [5.74, 6) is 0.941. The van der Waals surface area contributed by atoms with E-state index in [2.05, 4.69) is 13.0 Å². The lowest BCUT2D eigenvalue weighted by molar-refractivity contribution is 0.346. The van der Waals surface area contributed by atoms with Gasteiger partial charge in [0.25, 0.3) is 0 Å². The van der Waals surface area contributed by atoms with Crippen molar-refractivity contribution in [1.82, 2.24) is 0 Å². The Hall–Kier alpha value is -0.650. The predicted molar refractivity (Wildman–Crippen MR) is 73.2 cm³/mol. The number of thioether (sulfide) groups is 1. The van der Waals surface area contributed by atoms with Gasteiger partial charge in [-0.05, 0) is 49.4 Å². The zero-order valence-corrected chi connectivity index (χ0v) is 11.5. The van der Waals surface area contributed by atoms with Crippen molar-refractivity contribution in [2.75, 3.05) is 0 Å². The molecule has 2 rings (SSSR count). The van der Waals surface area contributed by atoms with Crippen LogP contribution in [-0.2, 0) is 0 Å². The molecule has 1 aromatic rings. The summed E-state index contributed by atoms with van der Waals surface area (Å²) >= 11 is 7.70. The molecule has 1 aromatic carbocycles. The van der Waals surface area contributed by atoms with E-state index in [9.17, 15) is 5.26 Å². The summed E-state index contributed by atoms with van der Waals surface area (Å²) in [5, 5.41) is 10.4. The van der Waals surface area contributed by atoms with E-state index >= 15 is 0 Å². The van der Waals surface area contributed by atoms with Crippen LogP contribution in [0.2, 0.25) is 5.02 Å². The Morgan fingerprint density at radius 1 is 1.29 bits per heavy atom. The van der Waals surface area contributed by atoms with Gasteiger partial charge in [-0.3, -0.25) is 0 Å². The van der Waals surface area contributed by atoms with Crippen LogP contribution in [0.1, 0.15) is 26.2 Å². The molecule has 0 aromatic heterocycles. The summed E-state index contributed by atoms with van der Waals surface area (Å²) in [7, 11) is 0. The Labute approximate surface area is 112 Å². The Kier molecular flexibility index (Phi) is 4.36. The summed E-state index contributed by atoms with van der Waals surface area (Å²) in [6, 6.07) is 10.4. The van der Waals surface area contributed by atoms with E-state index in [-0.39, 0.29) is 5.92 Å². The van der Waals surface area contributed by atoms with Crippen molar-refractivity contribution in [2.24, 2.45) is 11.8 Å². The molecule has 0 radical (unpaired) electrons. The van der Waals surface area contributed by atoms with Gasteiger partial charge in [0.2, 0.25) is 0 Å². The Morgan fingerprint density at radius 3 is 2.65 bits per heavy atom. The summed E-state index contributed by atoms with van der Waals surface area (Å²) in [5.41, 5.74) is 0. The Balaban J connectivity index is 2.05. The van der Waals surface area contributed by atoms with Gasteiger partial charge in [0.05, 0.1) is 12.0 Å². The van der Waals surface area contributed by atoms with Crippen LogP contribution >= 0.6 is 23.4 Å². The molecule has 0 saturated heterocycles. The van der Waals surface area contributed by atoms with Crippen LogP contribution in [0.5, 0.6) is 0 Å². The fraction of sp³-hybridized carbons (Fsp3) is 0.500. The molecule has 17 heavy (non-hydrogen) atoms. The van der Waals surface area contributed by atoms with Crippen LogP contribution in [0.15, 0.2) is 29.2 Å². The fourth-order valence-electron chi connectivity index (χ4n) is 2.29. The number of halogens is 1.